The van der Waals surface area contributed by atoms with E-state index in [2.05, 4.69) is 5.32 Å². The van der Waals surface area contributed by atoms with Gasteiger partial charge in [-0.1, -0.05) is 0 Å². The number of anilines is 1. The van der Waals surface area contributed by atoms with E-state index in [0.29, 0.717) is 13.1 Å². The van der Waals surface area contributed by atoms with Crippen LogP contribution in [0.15, 0.2) is 18.2 Å². The zero-order chi connectivity index (χ0) is 12.8. The van der Waals surface area contributed by atoms with E-state index in [0.717, 1.165) is 11.3 Å². The third-order valence-corrected chi connectivity index (χ3v) is 2.48. The van der Waals surface area contributed by atoms with Crippen molar-refractivity contribution in [1.29, 1.82) is 0 Å². The zero-order valence-corrected chi connectivity index (χ0v) is 10.2. The summed E-state index contributed by atoms with van der Waals surface area (Å²) in [6.07, 6.45) is 0. The van der Waals surface area contributed by atoms with Gasteiger partial charge in [0.15, 0.2) is 0 Å². The third-order valence-electron chi connectivity index (χ3n) is 2.48. The quantitative estimate of drug-likeness (QED) is 0.774. The predicted octanol–water partition coefficient (Wildman–Crippen LogP) is 0.857. The first-order valence-corrected chi connectivity index (χ1v) is 5.54. The van der Waals surface area contributed by atoms with Gasteiger partial charge in [0.2, 0.25) is 5.91 Å². The Morgan fingerprint density at radius 2 is 2.24 bits per heavy atom. The van der Waals surface area contributed by atoms with Crippen molar-refractivity contribution in [3.8, 4) is 0 Å². The fourth-order valence-corrected chi connectivity index (χ4v) is 1.75. The van der Waals surface area contributed by atoms with Gasteiger partial charge in [-0.05, 0) is 37.7 Å². The number of nitrogens with zero attached hydrogens (tertiary/aromatic N) is 1. The van der Waals surface area contributed by atoms with Crippen LogP contribution in [0.5, 0.6) is 0 Å². The summed E-state index contributed by atoms with van der Waals surface area (Å²) in [4.78, 5) is 12.8. The standard InChI is InChI=1S/C12H18FN3O/c1-3-16(8-12(14)17)11-5-4-10(13)6-9(11)7-15-2/h4-6,15H,3,7-8H2,1-2H3,(H2,14,17). The van der Waals surface area contributed by atoms with Gasteiger partial charge in [0.1, 0.15) is 5.82 Å². The minimum atomic E-state index is -0.397. The zero-order valence-electron chi connectivity index (χ0n) is 10.2. The Hall–Kier alpha value is -1.62. The Morgan fingerprint density at radius 3 is 2.76 bits per heavy atom. The van der Waals surface area contributed by atoms with Gasteiger partial charge in [0, 0.05) is 18.8 Å². The lowest BCUT2D eigenvalue weighted by Gasteiger charge is -2.24. The molecule has 94 valence electrons. The minimum absolute atomic E-state index is 0.138. The molecule has 3 N–H and O–H groups in total. The van der Waals surface area contributed by atoms with Crippen LogP contribution in [0.3, 0.4) is 0 Å². The van der Waals surface area contributed by atoms with E-state index in [9.17, 15) is 9.18 Å². The molecule has 0 fully saturated rings. The molecule has 1 aromatic rings. The second-order valence-electron chi connectivity index (χ2n) is 3.78. The van der Waals surface area contributed by atoms with Gasteiger partial charge in [-0.25, -0.2) is 4.39 Å². The Kier molecular flexibility index (Phi) is 4.90. The van der Waals surface area contributed by atoms with Gasteiger partial charge in [-0.15, -0.1) is 0 Å². The summed E-state index contributed by atoms with van der Waals surface area (Å²) < 4.78 is 13.2. The number of benzene rings is 1. The van der Waals surface area contributed by atoms with E-state index >= 15 is 0 Å². The number of hydrogen-bond acceptors (Lipinski definition) is 3. The van der Waals surface area contributed by atoms with E-state index in [1.165, 1.54) is 12.1 Å². The van der Waals surface area contributed by atoms with E-state index in [1.54, 1.807) is 13.1 Å². The van der Waals surface area contributed by atoms with Crippen LogP contribution < -0.4 is 16.0 Å². The van der Waals surface area contributed by atoms with Crippen LogP contribution in [-0.4, -0.2) is 26.0 Å². The summed E-state index contributed by atoms with van der Waals surface area (Å²) in [5.41, 5.74) is 6.84. The molecule has 4 nitrogen and oxygen atoms in total. The van der Waals surface area contributed by atoms with Crippen LogP contribution in [0.4, 0.5) is 10.1 Å². The maximum Gasteiger partial charge on any atom is 0.236 e. The molecule has 0 radical (unpaired) electrons. The molecule has 0 unspecified atom stereocenters. The number of carbonyl (C=O) groups is 1. The van der Waals surface area contributed by atoms with Gasteiger partial charge in [0.05, 0.1) is 6.54 Å². The smallest absolute Gasteiger partial charge is 0.236 e. The lowest BCUT2D eigenvalue weighted by atomic mass is 10.1. The molecule has 0 aromatic heterocycles. The maximum atomic E-state index is 13.2. The van der Waals surface area contributed by atoms with E-state index in [4.69, 9.17) is 5.73 Å². The highest BCUT2D eigenvalue weighted by molar-refractivity contribution is 5.79. The van der Waals surface area contributed by atoms with Gasteiger partial charge in [0.25, 0.3) is 0 Å². The fourth-order valence-electron chi connectivity index (χ4n) is 1.75. The average molecular weight is 239 g/mol. The van der Waals surface area contributed by atoms with Crippen LogP contribution in [0.25, 0.3) is 0 Å². The van der Waals surface area contributed by atoms with Crippen LogP contribution in [0.1, 0.15) is 12.5 Å². The number of primary amides is 1. The fraction of sp³-hybridized carbons (Fsp3) is 0.417. The molecule has 17 heavy (non-hydrogen) atoms. The molecule has 0 spiro atoms. The topological polar surface area (TPSA) is 58.4 Å². The number of nitrogens with two attached hydrogens (primary N) is 1. The molecular weight excluding hydrogens is 221 g/mol. The van der Waals surface area contributed by atoms with Crippen molar-refractivity contribution in [2.24, 2.45) is 5.73 Å². The second-order valence-corrected chi connectivity index (χ2v) is 3.78. The van der Waals surface area contributed by atoms with Gasteiger partial charge in [-0.2, -0.15) is 0 Å². The Bertz CT molecular complexity index is 395. The number of halogens is 1. The molecule has 0 aliphatic heterocycles. The first kappa shape index (κ1) is 13.4. The molecule has 0 bridgehead atoms. The molecule has 0 saturated heterocycles. The van der Waals surface area contributed by atoms with Crippen molar-refractivity contribution in [2.75, 3.05) is 25.0 Å². The van der Waals surface area contributed by atoms with Crippen LogP contribution >= 0.6 is 0 Å². The van der Waals surface area contributed by atoms with Crippen molar-refractivity contribution in [3.05, 3.63) is 29.6 Å². The van der Waals surface area contributed by atoms with E-state index in [-0.39, 0.29) is 12.4 Å². The van der Waals surface area contributed by atoms with E-state index in [1.807, 2.05) is 11.8 Å². The van der Waals surface area contributed by atoms with Gasteiger partial charge in [-0.3, -0.25) is 4.79 Å². The van der Waals surface area contributed by atoms with Gasteiger partial charge >= 0.3 is 0 Å². The maximum absolute atomic E-state index is 13.2. The molecule has 0 aliphatic carbocycles. The molecule has 5 heteroatoms. The first-order valence-electron chi connectivity index (χ1n) is 5.54. The summed E-state index contributed by atoms with van der Waals surface area (Å²) in [7, 11) is 1.79. The van der Waals surface area contributed by atoms with Crippen molar-refractivity contribution in [2.45, 2.75) is 13.5 Å². The van der Waals surface area contributed by atoms with Crippen LogP contribution in [-0.2, 0) is 11.3 Å². The summed E-state index contributed by atoms with van der Waals surface area (Å²) in [5.74, 6) is -0.680. The van der Waals surface area contributed by atoms with Crippen LogP contribution in [0, 0.1) is 5.82 Å². The SMILES string of the molecule is CCN(CC(N)=O)c1ccc(F)cc1CNC. The summed E-state index contributed by atoms with van der Waals surface area (Å²) >= 11 is 0. The van der Waals surface area contributed by atoms with Crippen LogP contribution in [0.2, 0.25) is 0 Å². The predicted molar refractivity (Wildman–Crippen MR) is 66.2 cm³/mol. The highest BCUT2D eigenvalue weighted by atomic mass is 19.1. The summed E-state index contributed by atoms with van der Waals surface area (Å²) in [6.45, 7) is 3.25. The molecule has 0 heterocycles. The second kappa shape index (κ2) is 6.20. The molecule has 1 rings (SSSR count). The lowest BCUT2D eigenvalue weighted by molar-refractivity contribution is -0.116. The number of likely N-dealkylation sites (N-methyl/N-ethyl adjacent to an activating group) is 1. The normalized spacial score (nSPS) is 10.3. The summed E-state index contributed by atoms with van der Waals surface area (Å²) in [6, 6.07) is 4.53. The Morgan fingerprint density at radius 1 is 1.53 bits per heavy atom. The van der Waals surface area contributed by atoms with Crippen molar-refractivity contribution < 1.29 is 9.18 Å². The summed E-state index contributed by atoms with van der Waals surface area (Å²) in [5, 5.41) is 2.97. The molecule has 0 atom stereocenters. The third kappa shape index (κ3) is 3.71. The monoisotopic (exact) mass is 239 g/mol. The van der Waals surface area contributed by atoms with Gasteiger partial charge < -0.3 is 16.0 Å². The first-order chi connectivity index (χ1) is 8.08. The average Bonchev–Trinajstić information content (AvgIpc) is 2.27. The molecule has 0 aliphatic rings. The lowest BCUT2D eigenvalue weighted by Crippen LogP contribution is -2.34. The molecule has 0 saturated carbocycles. The van der Waals surface area contributed by atoms with E-state index < -0.39 is 5.91 Å². The minimum Gasteiger partial charge on any atom is -0.368 e. The van der Waals surface area contributed by atoms with Crippen molar-refractivity contribution in [1.82, 2.24) is 5.32 Å². The Labute approximate surface area is 101 Å². The van der Waals surface area contributed by atoms with Crippen molar-refractivity contribution >= 4 is 11.6 Å². The van der Waals surface area contributed by atoms with Crippen molar-refractivity contribution in [3.63, 3.8) is 0 Å². The Balaban J connectivity index is 3.04. The number of carbonyl (C=O) groups excluding carboxylic acids is 1. The highest BCUT2D eigenvalue weighted by Crippen LogP contribution is 2.21. The number of rotatable bonds is 6. The number of nitrogens with one attached hydrogen (secondary N) is 1. The molecule has 1 amide bonds. The highest BCUT2D eigenvalue weighted by Gasteiger charge is 2.12. The number of amides is 1. The molecule has 1 aromatic carbocycles. The number of hydrogen-bond donors (Lipinski definition) is 2. The largest absolute Gasteiger partial charge is 0.368 e. The molecular formula is C12H18FN3O.